The van der Waals surface area contributed by atoms with E-state index in [1.54, 1.807) is 0 Å². The normalized spacial score (nSPS) is 34.4. The summed E-state index contributed by atoms with van der Waals surface area (Å²) in [6.45, 7) is 4.08. The van der Waals surface area contributed by atoms with Crippen molar-refractivity contribution in [3.05, 3.63) is 29.8 Å². The highest BCUT2D eigenvalue weighted by Crippen LogP contribution is 2.44. The fraction of sp³-hybridized carbons (Fsp3) is 0.500. The molecule has 0 saturated heterocycles. The Kier molecular flexibility index (Phi) is 2.77. The van der Waals surface area contributed by atoms with Crippen molar-refractivity contribution in [3.8, 4) is 5.75 Å². The van der Waals surface area contributed by atoms with Crippen molar-refractivity contribution in [1.82, 2.24) is 0 Å². The van der Waals surface area contributed by atoms with Gasteiger partial charge in [-0.2, -0.15) is 0 Å². The van der Waals surface area contributed by atoms with E-state index < -0.39 is 6.10 Å². The third-order valence-electron chi connectivity index (χ3n) is 3.14. The topological polar surface area (TPSA) is 29.5 Å². The first-order valence-corrected chi connectivity index (χ1v) is 6.10. The van der Waals surface area contributed by atoms with Gasteiger partial charge in [-0.3, -0.25) is 0 Å². The zero-order chi connectivity index (χ0) is 11.1. The number of aliphatic hydroxyl groups is 1. The van der Waals surface area contributed by atoms with E-state index in [-0.39, 0.29) is 10.4 Å². The Morgan fingerprint density at radius 2 is 2.13 bits per heavy atom. The molecular weight excluding hydrogens is 256 g/mol. The van der Waals surface area contributed by atoms with Crippen LogP contribution in [0, 0.1) is 0 Å². The Balaban J connectivity index is 2.45. The van der Waals surface area contributed by atoms with Crippen molar-refractivity contribution < 1.29 is 9.84 Å². The van der Waals surface area contributed by atoms with Crippen LogP contribution < -0.4 is 4.74 Å². The van der Waals surface area contributed by atoms with E-state index in [0.717, 1.165) is 17.7 Å². The number of hydrogen-bond donors (Lipinski definition) is 1. The van der Waals surface area contributed by atoms with Gasteiger partial charge < -0.3 is 9.84 Å². The van der Waals surface area contributed by atoms with Crippen LogP contribution in [0.4, 0.5) is 0 Å². The predicted molar refractivity (Wildman–Crippen MR) is 63.4 cm³/mol. The molecular formula is C12H15BrO2. The SMILES string of the molecule is CCC1(C)Oc2ccccc2[C@@H](O)[C@@H]1Br. The lowest BCUT2D eigenvalue weighted by atomic mass is 9.88. The average Bonchev–Trinajstić information content (AvgIpc) is 2.26. The summed E-state index contributed by atoms with van der Waals surface area (Å²) in [5.41, 5.74) is 0.527. The van der Waals surface area contributed by atoms with Crippen molar-refractivity contribution in [1.29, 1.82) is 0 Å². The van der Waals surface area contributed by atoms with Crippen LogP contribution in [0.1, 0.15) is 31.9 Å². The molecule has 0 amide bonds. The van der Waals surface area contributed by atoms with Crippen molar-refractivity contribution in [2.45, 2.75) is 36.8 Å². The van der Waals surface area contributed by atoms with Crippen LogP contribution in [0.3, 0.4) is 0 Å². The fourth-order valence-corrected chi connectivity index (χ4v) is 2.59. The van der Waals surface area contributed by atoms with Gasteiger partial charge in [0.2, 0.25) is 0 Å². The van der Waals surface area contributed by atoms with E-state index >= 15 is 0 Å². The number of benzene rings is 1. The quantitative estimate of drug-likeness (QED) is 0.795. The molecule has 3 atom stereocenters. The van der Waals surface area contributed by atoms with Gasteiger partial charge in [-0.25, -0.2) is 0 Å². The Morgan fingerprint density at radius 1 is 1.47 bits per heavy atom. The van der Waals surface area contributed by atoms with Crippen LogP contribution in [0.5, 0.6) is 5.75 Å². The fourth-order valence-electron chi connectivity index (χ4n) is 1.88. The van der Waals surface area contributed by atoms with Crippen LogP contribution in [0.25, 0.3) is 0 Å². The van der Waals surface area contributed by atoms with Crippen molar-refractivity contribution in [3.63, 3.8) is 0 Å². The zero-order valence-electron chi connectivity index (χ0n) is 8.90. The smallest absolute Gasteiger partial charge is 0.126 e. The van der Waals surface area contributed by atoms with E-state index in [2.05, 4.69) is 22.9 Å². The molecule has 1 N–H and O–H groups in total. The highest BCUT2D eigenvalue weighted by molar-refractivity contribution is 9.09. The molecule has 1 aromatic carbocycles. The molecule has 15 heavy (non-hydrogen) atoms. The van der Waals surface area contributed by atoms with Crippen molar-refractivity contribution in [2.75, 3.05) is 0 Å². The maximum atomic E-state index is 10.2. The lowest BCUT2D eigenvalue weighted by Crippen LogP contribution is -2.47. The van der Waals surface area contributed by atoms with Gasteiger partial charge in [0.05, 0.1) is 10.9 Å². The number of rotatable bonds is 1. The number of aliphatic hydroxyl groups excluding tert-OH is 1. The summed E-state index contributed by atoms with van der Waals surface area (Å²) in [7, 11) is 0. The third kappa shape index (κ3) is 1.68. The first-order chi connectivity index (χ1) is 7.08. The Labute approximate surface area is 98.4 Å². The molecule has 0 aliphatic carbocycles. The molecule has 0 radical (unpaired) electrons. The molecule has 3 heteroatoms. The summed E-state index contributed by atoms with van der Waals surface area (Å²) < 4.78 is 5.94. The third-order valence-corrected chi connectivity index (χ3v) is 4.61. The molecule has 1 aromatic rings. The van der Waals surface area contributed by atoms with Crippen LogP contribution in [-0.2, 0) is 0 Å². The van der Waals surface area contributed by atoms with E-state index in [4.69, 9.17) is 4.74 Å². The Morgan fingerprint density at radius 3 is 2.80 bits per heavy atom. The number of halogens is 1. The number of fused-ring (bicyclic) bond motifs is 1. The highest BCUT2D eigenvalue weighted by atomic mass is 79.9. The Hall–Kier alpha value is -0.540. The molecule has 82 valence electrons. The molecule has 1 aliphatic heterocycles. The van der Waals surface area contributed by atoms with E-state index in [0.29, 0.717) is 0 Å². The first-order valence-electron chi connectivity index (χ1n) is 5.18. The summed E-state index contributed by atoms with van der Waals surface area (Å²) in [4.78, 5) is -0.0649. The van der Waals surface area contributed by atoms with Crippen molar-refractivity contribution in [2.24, 2.45) is 0 Å². The van der Waals surface area contributed by atoms with Gasteiger partial charge in [-0.1, -0.05) is 41.1 Å². The molecule has 1 aliphatic rings. The lowest BCUT2D eigenvalue weighted by molar-refractivity contribution is 0.00705. The monoisotopic (exact) mass is 270 g/mol. The minimum atomic E-state index is -0.500. The number of ether oxygens (including phenoxy) is 1. The molecule has 2 rings (SSSR count). The maximum absolute atomic E-state index is 10.2. The minimum absolute atomic E-state index is 0.0649. The second-order valence-electron chi connectivity index (χ2n) is 4.15. The van der Waals surface area contributed by atoms with Crippen LogP contribution in [0.2, 0.25) is 0 Å². The van der Waals surface area contributed by atoms with Gasteiger partial charge in [0.1, 0.15) is 11.4 Å². The number of hydrogen-bond acceptors (Lipinski definition) is 2. The van der Waals surface area contributed by atoms with Gasteiger partial charge in [-0.05, 0) is 19.4 Å². The predicted octanol–water partition coefficient (Wildman–Crippen LogP) is 3.04. The van der Waals surface area contributed by atoms with Crippen LogP contribution in [-0.4, -0.2) is 15.5 Å². The summed E-state index contributed by atoms with van der Waals surface area (Å²) in [6.07, 6.45) is 0.355. The minimum Gasteiger partial charge on any atom is -0.486 e. The maximum Gasteiger partial charge on any atom is 0.126 e. The van der Waals surface area contributed by atoms with Gasteiger partial charge in [-0.15, -0.1) is 0 Å². The molecule has 0 saturated carbocycles. The average molecular weight is 271 g/mol. The molecule has 1 unspecified atom stereocenters. The summed E-state index contributed by atoms with van der Waals surface area (Å²) in [5, 5.41) is 10.2. The van der Waals surface area contributed by atoms with E-state index in [1.807, 2.05) is 31.2 Å². The molecule has 0 fully saturated rings. The van der Waals surface area contributed by atoms with Gasteiger partial charge >= 0.3 is 0 Å². The Bertz CT molecular complexity index is 366. The molecule has 1 heterocycles. The second kappa shape index (κ2) is 3.80. The van der Waals surface area contributed by atoms with Gasteiger partial charge in [0.15, 0.2) is 0 Å². The van der Waals surface area contributed by atoms with Crippen LogP contribution in [0.15, 0.2) is 24.3 Å². The second-order valence-corrected chi connectivity index (χ2v) is 5.14. The van der Waals surface area contributed by atoms with E-state index in [9.17, 15) is 5.11 Å². The molecule has 2 nitrogen and oxygen atoms in total. The summed E-state index contributed by atoms with van der Waals surface area (Å²) in [6, 6.07) is 7.66. The largest absolute Gasteiger partial charge is 0.486 e. The number of alkyl halides is 1. The van der Waals surface area contributed by atoms with Crippen LogP contribution >= 0.6 is 15.9 Å². The van der Waals surface area contributed by atoms with Gasteiger partial charge in [0, 0.05) is 5.56 Å². The molecule has 0 bridgehead atoms. The van der Waals surface area contributed by atoms with E-state index in [1.165, 1.54) is 0 Å². The zero-order valence-corrected chi connectivity index (χ0v) is 10.5. The molecule has 0 aromatic heterocycles. The highest BCUT2D eigenvalue weighted by Gasteiger charge is 2.43. The molecule has 0 spiro atoms. The van der Waals surface area contributed by atoms with Gasteiger partial charge in [0.25, 0.3) is 0 Å². The lowest BCUT2D eigenvalue weighted by Gasteiger charge is -2.42. The standard InChI is InChI=1S/C12H15BrO2/c1-3-12(2)11(13)10(14)8-6-4-5-7-9(8)15-12/h4-7,10-11,14H,3H2,1-2H3/t10-,11+,12?/m1/s1. The van der Waals surface area contributed by atoms with Crippen molar-refractivity contribution >= 4 is 15.9 Å². The number of para-hydroxylation sites is 1. The first kappa shape index (κ1) is 11.0. The summed E-state index contributed by atoms with van der Waals surface area (Å²) in [5.74, 6) is 0.796. The summed E-state index contributed by atoms with van der Waals surface area (Å²) >= 11 is 3.53.